The molecule has 1 aliphatic rings. The number of hydrogen-bond acceptors (Lipinski definition) is 7. The fraction of sp³-hybridized carbons (Fsp3) is 0.280. The highest BCUT2D eigenvalue weighted by molar-refractivity contribution is 6.36. The fourth-order valence-electron chi connectivity index (χ4n) is 4.37. The molecule has 36 heavy (non-hydrogen) atoms. The summed E-state index contributed by atoms with van der Waals surface area (Å²) in [6, 6.07) is 7.90. The highest BCUT2D eigenvalue weighted by Gasteiger charge is 2.24. The van der Waals surface area contributed by atoms with Crippen LogP contribution >= 0.6 is 11.6 Å². The number of piperidine rings is 1. The van der Waals surface area contributed by atoms with Crippen LogP contribution in [0.15, 0.2) is 55.5 Å². The van der Waals surface area contributed by atoms with Crippen LogP contribution < -0.4 is 15.4 Å². The lowest BCUT2D eigenvalue weighted by Gasteiger charge is -2.33. The molecule has 186 valence electrons. The number of likely N-dealkylation sites (tertiary alicyclic amines) is 1. The molecule has 0 radical (unpaired) electrons. The minimum absolute atomic E-state index is 0.0326. The van der Waals surface area contributed by atoms with Crippen molar-refractivity contribution in [3.63, 3.8) is 0 Å². The van der Waals surface area contributed by atoms with Gasteiger partial charge in [-0.1, -0.05) is 30.3 Å². The van der Waals surface area contributed by atoms with Crippen LogP contribution in [0.25, 0.3) is 11.0 Å². The molecule has 1 amide bonds. The van der Waals surface area contributed by atoms with Crippen LogP contribution in [0.3, 0.4) is 0 Å². The molecule has 10 nitrogen and oxygen atoms in total. The quantitative estimate of drug-likeness (QED) is 0.307. The Morgan fingerprint density at radius 1 is 1.39 bits per heavy atom. The standard InChI is InChI=1S/C25H27ClN8O2/c1-3-21(35)33-9-5-7-17(14-33)29-24-22-20(26)12-27-23(22)31-25(32-24)30-18-11-28-34(15-18)13-16-6-4-8-19(10-16)36-2/h3-4,6,8,10-12,15,17H,1,5,7,9,13-14H2,2H3,(H3,27,29,30,31,32)/t17-/m1/s1. The van der Waals surface area contributed by atoms with E-state index in [2.05, 4.69) is 32.3 Å². The predicted octanol–water partition coefficient (Wildman–Crippen LogP) is 4.20. The van der Waals surface area contributed by atoms with Gasteiger partial charge in [-0.05, 0) is 36.6 Å². The van der Waals surface area contributed by atoms with Gasteiger partial charge in [0.05, 0.1) is 35.9 Å². The Morgan fingerprint density at radius 2 is 2.28 bits per heavy atom. The van der Waals surface area contributed by atoms with Gasteiger partial charge in [0.25, 0.3) is 0 Å². The second-order valence-electron chi connectivity index (χ2n) is 8.63. The Balaban J connectivity index is 1.35. The number of hydrogen-bond donors (Lipinski definition) is 3. The molecule has 4 heterocycles. The number of halogens is 1. The van der Waals surface area contributed by atoms with Gasteiger partial charge in [0.2, 0.25) is 11.9 Å². The Hall–Kier alpha value is -4.05. The van der Waals surface area contributed by atoms with E-state index in [0.29, 0.717) is 40.9 Å². The van der Waals surface area contributed by atoms with Gasteiger partial charge in [-0.25, -0.2) is 0 Å². The van der Waals surface area contributed by atoms with Gasteiger partial charge in [0.1, 0.15) is 17.2 Å². The van der Waals surface area contributed by atoms with Crippen LogP contribution in [0.5, 0.6) is 5.75 Å². The Kier molecular flexibility index (Phi) is 6.77. The monoisotopic (exact) mass is 506 g/mol. The summed E-state index contributed by atoms with van der Waals surface area (Å²) in [5.74, 6) is 1.75. The Morgan fingerprint density at radius 3 is 3.11 bits per heavy atom. The molecule has 1 atom stereocenters. The summed E-state index contributed by atoms with van der Waals surface area (Å²) in [4.78, 5) is 26.3. The minimum Gasteiger partial charge on any atom is -0.497 e. The van der Waals surface area contributed by atoms with Gasteiger partial charge in [-0.2, -0.15) is 15.1 Å². The first-order valence-electron chi connectivity index (χ1n) is 11.7. The largest absolute Gasteiger partial charge is 0.497 e. The molecule has 1 saturated heterocycles. The molecule has 4 aromatic rings. The van der Waals surface area contributed by atoms with E-state index in [1.807, 2.05) is 35.1 Å². The number of rotatable bonds is 8. The van der Waals surface area contributed by atoms with Gasteiger partial charge in [-0.3, -0.25) is 9.48 Å². The number of methoxy groups -OCH3 is 1. The van der Waals surface area contributed by atoms with Crippen molar-refractivity contribution in [2.45, 2.75) is 25.4 Å². The SMILES string of the molecule is C=CC(=O)N1CCC[C@@H](Nc2nc(Nc3cnn(Cc4cccc(OC)c4)c3)nc3[nH]cc(Cl)c23)C1. The first-order valence-corrected chi connectivity index (χ1v) is 12.0. The van der Waals surface area contributed by atoms with Crippen molar-refractivity contribution in [3.05, 3.63) is 66.1 Å². The van der Waals surface area contributed by atoms with Crippen molar-refractivity contribution in [2.75, 3.05) is 30.8 Å². The number of carbonyl (C=O) groups is 1. The molecule has 1 fully saturated rings. The van der Waals surface area contributed by atoms with Crippen molar-refractivity contribution in [2.24, 2.45) is 0 Å². The van der Waals surface area contributed by atoms with Crippen LogP contribution in [0.2, 0.25) is 5.02 Å². The molecule has 1 aromatic carbocycles. The molecular formula is C25H27ClN8O2. The van der Waals surface area contributed by atoms with E-state index in [-0.39, 0.29) is 11.9 Å². The molecule has 11 heteroatoms. The van der Waals surface area contributed by atoms with Crippen LogP contribution in [0.4, 0.5) is 17.5 Å². The zero-order valence-corrected chi connectivity index (χ0v) is 20.6. The van der Waals surface area contributed by atoms with Crippen LogP contribution in [-0.2, 0) is 11.3 Å². The highest BCUT2D eigenvalue weighted by atomic mass is 35.5. The number of benzene rings is 1. The number of H-pyrrole nitrogens is 1. The third-order valence-electron chi connectivity index (χ3n) is 6.10. The lowest BCUT2D eigenvalue weighted by atomic mass is 10.1. The van der Waals surface area contributed by atoms with E-state index >= 15 is 0 Å². The van der Waals surface area contributed by atoms with Gasteiger partial charge >= 0.3 is 0 Å². The second kappa shape index (κ2) is 10.3. The zero-order valence-electron chi connectivity index (χ0n) is 19.9. The van der Waals surface area contributed by atoms with Gasteiger partial charge in [0.15, 0.2) is 0 Å². The van der Waals surface area contributed by atoms with Crippen molar-refractivity contribution in [3.8, 4) is 5.75 Å². The molecule has 0 aliphatic carbocycles. The second-order valence-corrected chi connectivity index (χ2v) is 9.04. The van der Waals surface area contributed by atoms with Crippen LogP contribution in [0.1, 0.15) is 18.4 Å². The number of carbonyl (C=O) groups excluding carboxylic acids is 1. The topological polar surface area (TPSA) is 113 Å². The van der Waals surface area contributed by atoms with E-state index in [4.69, 9.17) is 21.3 Å². The van der Waals surface area contributed by atoms with Gasteiger partial charge < -0.3 is 25.3 Å². The third-order valence-corrected chi connectivity index (χ3v) is 6.40. The van der Waals surface area contributed by atoms with Gasteiger partial charge in [-0.15, -0.1) is 0 Å². The number of fused-ring (bicyclic) bond motifs is 1. The molecule has 0 bridgehead atoms. The molecule has 5 rings (SSSR count). The molecule has 3 aromatic heterocycles. The van der Waals surface area contributed by atoms with E-state index < -0.39 is 0 Å². The summed E-state index contributed by atoms with van der Waals surface area (Å²) >= 11 is 6.44. The van der Waals surface area contributed by atoms with E-state index in [1.165, 1.54) is 6.08 Å². The van der Waals surface area contributed by atoms with E-state index in [9.17, 15) is 4.79 Å². The molecular weight excluding hydrogens is 480 g/mol. The number of anilines is 3. The predicted molar refractivity (Wildman–Crippen MR) is 140 cm³/mol. The Bertz CT molecular complexity index is 1400. The molecule has 3 N–H and O–H groups in total. The summed E-state index contributed by atoms with van der Waals surface area (Å²) in [5, 5.41) is 12.4. The first-order chi connectivity index (χ1) is 17.5. The molecule has 0 saturated carbocycles. The lowest BCUT2D eigenvalue weighted by Crippen LogP contribution is -2.44. The van der Waals surface area contributed by atoms with Crippen LogP contribution in [0, 0.1) is 0 Å². The maximum atomic E-state index is 12.1. The maximum absolute atomic E-state index is 12.1. The van der Waals surface area contributed by atoms with Crippen molar-refractivity contribution in [1.82, 2.24) is 29.6 Å². The number of nitrogens with one attached hydrogen (secondary N) is 3. The minimum atomic E-state index is -0.0673. The van der Waals surface area contributed by atoms with Crippen molar-refractivity contribution < 1.29 is 9.53 Å². The zero-order chi connectivity index (χ0) is 25.1. The fourth-order valence-corrected chi connectivity index (χ4v) is 4.61. The number of aromatic amines is 1. The maximum Gasteiger partial charge on any atom is 0.246 e. The number of ether oxygens (including phenoxy) is 1. The van der Waals surface area contributed by atoms with Crippen molar-refractivity contribution >= 4 is 46.0 Å². The van der Waals surface area contributed by atoms with E-state index in [0.717, 1.165) is 36.4 Å². The number of amides is 1. The summed E-state index contributed by atoms with van der Waals surface area (Å²) < 4.78 is 7.13. The summed E-state index contributed by atoms with van der Waals surface area (Å²) in [7, 11) is 1.65. The smallest absolute Gasteiger partial charge is 0.246 e. The molecule has 1 aliphatic heterocycles. The average molecular weight is 507 g/mol. The first kappa shape index (κ1) is 23.7. The van der Waals surface area contributed by atoms with Crippen LogP contribution in [-0.4, -0.2) is 61.8 Å². The Labute approximate surface area is 213 Å². The normalized spacial score (nSPS) is 15.6. The number of nitrogens with zero attached hydrogens (tertiary/aromatic N) is 5. The van der Waals surface area contributed by atoms with Gasteiger partial charge in [0, 0.05) is 31.5 Å². The van der Waals surface area contributed by atoms with E-state index in [1.54, 1.807) is 24.4 Å². The molecule has 0 unspecified atom stereocenters. The molecule has 0 spiro atoms. The highest BCUT2D eigenvalue weighted by Crippen LogP contribution is 2.31. The summed E-state index contributed by atoms with van der Waals surface area (Å²) in [5.41, 5.74) is 2.44. The summed E-state index contributed by atoms with van der Waals surface area (Å²) in [6.45, 7) is 5.49. The number of aromatic nitrogens is 5. The van der Waals surface area contributed by atoms with Crippen molar-refractivity contribution in [1.29, 1.82) is 0 Å². The third kappa shape index (κ3) is 5.13. The average Bonchev–Trinajstić information content (AvgIpc) is 3.49. The summed E-state index contributed by atoms with van der Waals surface area (Å²) in [6.07, 6.45) is 8.46. The lowest BCUT2D eigenvalue weighted by molar-refractivity contribution is -0.127.